The van der Waals surface area contributed by atoms with E-state index in [0.29, 0.717) is 0 Å². The Kier molecular flexibility index (Phi) is 3.90. The summed E-state index contributed by atoms with van der Waals surface area (Å²) in [6, 6.07) is 15.5. The Morgan fingerprint density at radius 1 is 1.00 bits per heavy atom. The largest absolute Gasteiger partial charge is 0.378 e. The normalized spacial score (nSPS) is 16.0. The average Bonchev–Trinajstić information content (AvgIpc) is 2.48. The van der Waals surface area contributed by atoms with Crippen LogP contribution in [0.4, 0.5) is 5.69 Å². The third-order valence-corrected chi connectivity index (χ3v) is 5.01. The van der Waals surface area contributed by atoms with E-state index in [2.05, 4.69) is 97.3 Å². The number of fused-ring (bicyclic) bond motifs is 1. The van der Waals surface area contributed by atoms with E-state index < -0.39 is 0 Å². The van der Waals surface area contributed by atoms with Gasteiger partial charge in [0.25, 0.3) is 0 Å². The van der Waals surface area contributed by atoms with Crippen LogP contribution in [0.3, 0.4) is 0 Å². The summed E-state index contributed by atoms with van der Waals surface area (Å²) in [7, 11) is 4.15. The standard InChI is InChI=1S/C20H22BrN/c1-20(2)12-11-17(18-10-7-15(21)13-19(18)20)14-5-8-16(9-6-14)22(3)4/h5-11,13H,12H2,1-4H3. The van der Waals surface area contributed by atoms with Crippen LogP contribution in [-0.2, 0) is 5.41 Å². The van der Waals surface area contributed by atoms with Crippen LogP contribution in [0.25, 0.3) is 5.57 Å². The molecule has 2 aromatic rings. The first-order valence-corrected chi connectivity index (χ1v) is 8.46. The molecule has 0 saturated carbocycles. The van der Waals surface area contributed by atoms with Gasteiger partial charge in [0.05, 0.1) is 0 Å². The maximum Gasteiger partial charge on any atom is 0.0361 e. The summed E-state index contributed by atoms with van der Waals surface area (Å²) in [4.78, 5) is 2.13. The molecule has 1 aliphatic carbocycles. The summed E-state index contributed by atoms with van der Waals surface area (Å²) in [5, 5.41) is 0. The first-order valence-electron chi connectivity index (χ1n) is 7.67. The summed E-state index contributed by atoms with van der Waals surface area (Å²) < 4.78 is 1.16. The van der Waals surface area contributed by atoms with Gasteiger partial charge >= 0.3 is 0 Å². The fourth-order valence-electron chi connectivity index (χ4n) is 3.10. The van der Waals surface area contributed by atoms with Crippen LogP contribution in [0.2, 0.25) is 0 Å². The van der Waals surface area contributed by atoms with Crippen molar-refractivity contribution in [2.24, 2.45) is 0 Å². The topological polar surface area (TPSA) is 3.24 Å². The molecule has 0 saturated heterocycles. The van der Waals surface area contributed by atoms with Crippen LogP contribution in [-0.4, -0.2) is 14.1 Å². The lowest BCUT2D eigenvalue weighted by Gasteiger charge is -2.32. The second-order valence-electron chi connectivity index (χ2n) is 6.84. The van der Waals surface area contributed by atoms with Crippen LogP contribution in [0.15, 0.2) is 53.0 Å². The zero-order valence-electron chi connectivity index (χ0n) is 13.7. The van der Waals surface area contributed by atoms with Crippen LogP contribution >= 0.6 is 15.9 Å². The van der Waals surface area contributed by atoms with Gasteiger partial charge in [0.15, 0.2) is 0 Å². The summed E-state index contributed by atoms with van der Waals surface area (Å²) >= 11 is 3.62. The molecule has 0 bridgehead atoms. The van der Waals surface area contributed by atoms with Crippen molar-refractivity contribution >= 4 is 27.2 Å². The number of benzene rings is 2. The Labute approximate surface area is 141 Å². The zero-order chi connectivity index (χ0) is 15.9. The molecule has 114 valence electrons. The van der Waals surface area contributed by atoms with E-state index in [1.54, 1.807) is 0 Å². The van der Waals surface area contributed by atoms with Crippen molar-refractivity contribution < 1.29 is 0 Å². The van der Waals surface area contributed by atoms with E-state index in [-0.39, 0.29) is 5.41 Å². The molecule has 22 heavy (non-hydrogen) atoms. The lowest BCUT2D eigenvalue weighted by atomic mass is 9.72. The number of hydrogen-bond donors (Lipinski definition) is 0. The molecule has 0 unspecified atom stereocenters. The van der Waals surface area contributed by atoms with E-state index in [4.69, 9.17) is 0 Å². The molecule has 0 amide bonds. The fourth-order valence-corrected chi connectivity index (χ4v) is 3.46. The van der Waals surface area contributed by atoms with Crippen LogP contribution in [0, 0.1) is 0 Å². The number of nitrogens with zero attached hydrogens (tertiary/aromatic N) is 1. The maximum absolute atomic E-state index is 3.62. The molecule has 1 nitrogen and oxygen atoms in total. The van der Waals surface area contributed by atoms with E-state index in [0.717, 1.165) is 10.9 Å². The first-order chi connectivity index (χ1) is 10.4. The Balaban J connectivity index is 2.08. The Morgan fingerprint density at radius 2 is 1.68 bits per heavy atom. The van der Waals surface area contributed by atoms with Crippen molar-refractivity contribution in [1.29, 1.82) is 0 Å². The molecular weight excluding hydrogens is 334 g/mol. The molecule has 1 aliphatic rings. The molecular formula is C20H22BrN. The van der Waals surface area contributed by atoms with Gasteiger partial charge in [-0.05, 0) is 58.4 Å². The van der Waals surface area contributed by atoms with Gasteiger partial charge < -0.3 is 4.90 Å². The minimum atomic E-state index is 0.187. The SMILES string of the molecule is CN(C)c1ccc(C2=CCC(C)(C)c3cc(Br)ccc32)cc1. The molecule has 0 aliphatic heterocycles. The number of hydrogen-bond acceptors (Lipinski definition) is 1. The van der Waals surface area contributed by atoms with Crippen LogP contribution < -0.4 is 4.90 Å². The van der Waals surface area contributed by atoms with Gasteiger partial charge in [0, 0.05) is 24.3 Å². The van der Waals surface area contributed by atoms with Crippen LogP contribution in [0.1, 0.15) is 37.0 Å². The Bertz CT molecular complexity index is 724. The van der Waals surface area contributed by atoms with Crippen molar-refractivity contribution in [2.75, 3.05) is 19.0 Å². The highest BCUT2D eigenvalue weighted by Crippen LogP contribution is 2.42. The van der Waals surface area contributed by atoms with Gasteiger partial charge in [0.1, 0.15) is 0 Å². The molecule has 0 atom stereocenters. The quantitative estimate of drug-likeness (QED) is 0.674. The number of halogens is 1. The predicted molar refractivity (Wildman–Crippen MR) is 99.6 cm³/mol. The monoisotopic (exact) mass is 355 g/mol. The molecule has 3 rings (SSSR count). The lowest BCUT2D eigenvalue weighted by Crippen LogP contribution is -2.21. The van der Waals surface area contributed by atoms with Gasteiger partial charge in [-0.2, -0.15) is 0 Å². The van der Waals surface area contributed by atoms with E-state index in [1.165, 1.54) is 28.0 Å². The summed E-state index contributed by atoms with van der Waals surface area (Å²) in [6.45, 7) is 4.64. The van der Waals surface area contributed by atoms with Gasteiger partial charge in [-0.25, -0.2) is 0 Å². The van der Waals surface area contributed by atoms with Crippen molar-refractivity contribution in [3.8, 4) is 0 Å². The van der Waals surface area contributed by atoms with Crippen molar-refractivity contribution in [3.05, 3.63) is 69.7 Å². The smallest absolute Gasteiger partial charge is 0.0361 e. The Morgan fingerprint density at radius 3 is 2.32 bits per heavy atom. The molecule has 0 spiro atoms. The van der Waals surface area contributed by atoms with Crippen LogP contribution in [0.5, 0.6) is 0 Å². The van der Waals surface area contributed by atoms with Gasteiger partial charge in [-0.1, -0.05) is 54.1 Å². The number of anilines is 1. The van der Waals surface area contributed by atoms with Crippen molar-refractivity contribution in [3.63, 3.8) is 0 Å². The second-order valence-corrected chi connectivity index (χ2v) is 7.75. The van der Waals surface area contributed by atoms with E-state index >= 15 is 0 Å². The summed E-state index contributed by atoms with van der Waals surface area (Å²) in [5.74, 6) is 0. The molecule has 0 aromatic heterocycles. The molecule has 0 radical (unpaired) electrons. The molecule has 0 N–H and O–H groups in total. The zero-order valence-corrected chi connectivity index (χ0v) is 15.2. The first kappa shape index (κ1) is 15.4. The number of allylic oxidation sites excluding steroid dienone is 1. The minimum Gasteiger partial charge on any atom is -0.378 e. The lowest BCUT2D eigenvalue weighted by molar-refractivity contribution is 0.527. The average molecular weight is 356 g/mol. The molecule has 2 heteroatoms. The third-order valence-electron chi connectivity index (χ3n) is 4.51. The molecule has 0 fully saturated rings. The van der Waals surface area contributed by atoms with Gasteiger partial charge in [-0.3, -0.25) is 0 Å². The third kappa shape index (κ3) is 2.72. The summed E-state index contributed by atoms with van der Waals surface area (Å²) in [6.07, 6.45) is 3.46. The van der Waals surface area contributed by atoms with Crippen molar-refractivity contribution in [1.82, 2.24) is 0 Å². The highest BCUT2D eigenvalue weighted by Gasteiger charge is 2.28. The Hall–Kier alpha value is -1.54. The van der Waals surface area contributed by atoms with Crippen molar-refractivity contribution in [2.45, 2.75) is 25.7 Å². The number of rotatable bonds is 2. The van der Waals surface area contributed by atoms with Gasteiger partial charge in [-0.15, -0.1) is 0 Å². The summed E-state index contributed by atoms with van der Waals surface area (Å²) in [5.41, 5.74) is 6.85. The highest BCUT2D eigenvalue weighted by molar-refractivity contribution is 9.10. The van der Waals surface area contributed by atoms with Gasteiger partial charge in [0.2, 0.25) is 0 Å². The maximum atomic E-state index is 3.62. The predicted octanol–water partition coefficient (Wildman–Crippen LogP) is 5.63. The second kappa shape index (κ2) is 5.58. The highest BCUT2D eigenvalue weighted by atomic mass is 79.9. The minimum absolute atomic E-state index is 0.187. The fraction of sp³-hybridized carbons (Fsp3) is 0.300. The molecule has 0 heterocycles. The van der Waals surface area contributed by atoms with E-state index in [1.807, 2.05) is 0 Å². The van der Waals surface area contributed by atoms with E-state index in [9.17, 15) is 0 Å². The molecule has 2 aromatic carbocycles.